The number of alkyl halides is 3. The number of nitrogens with zero attached hydrogens (tertiary/aromatic N) is 5. The van der Waals surface area contributed by atoms with Crippen molar-refractivity contribution in [2.24, 2.45) is 0 Å². The standard InChI is InChI=1S/C17H14F3N7O2/c18-17(19,20)27-7-8(5-23-27)9-3-10(9)11-4-13(25-26-2-1-21-14(11)26)12-6-22-16(29)24-15(12)28/h1-2,4-5,7,9-10,12H,3,6H2,(H2,22,24,28,29)/t9-,10+,12?/m1/s1. The highest BCUT2D eigenvalue weighted by molar-refractivity contribution is 6.00. The van der Waals surface area contributed by atoms with Crippen molar-refractivity contribution in [3.8, 4) is 0 Å². The molecule has 1 unspecified atom stereocenters. The fraction of sp³-hybridized carbons (Fsp3) is 0.353. The predicted molar refractivity (Wildman–Crippen MR) is 90.9 cm³/mol. The highest BCUT2D eigenvalue weighted by Gasteiger charge is 2.44. The molecule has 2 aliphatic rings. The van der Waals surface area contributed by atoms with Gasteiger partial charge in [-0.25, -0.2) is 14.3 Å². The Bertz CT molecular complexity index is 1140. The third-order valence-corrected chi connectivity index (χ3v) is 5.26. The lowest BCUT2D eigenvalue weighted by Crippen LogP contribution is -2.51. The maximum absolute atomic E-state index is 12.8. The van der Waals surface area contributed by atoms with Crippen LogP contribution < -0.4 is 10.6 Å². The molecule has 3 amide bonds. The molecule has 0 bridgehead atoms. The molecule has 1 saturated heterocycles. The number of amides is 3. The fourth-order valence-corrected chi connectivity index (χ4v) is 3.75. The molecule has 3 aromatic heterocycles. The van der Waals surface area contributed by atoms with Crippen LogP contribution in [0.4, 0.5) is 18.0 Å². The largest absolute Gasteiger partial charge is 0.504 e. The lowest BCUT2D eigenvalue weighted by atomic mass is 9.99. The number of hydrogen-bond donors (Lipinski definition) is 2. The molecule has 0 spiro atoms. The number of urea groups is 1. The first-order valence-corrected chi connectivity index (χ1v) is 8.86. The van der Waals surface area contributed by atoms with E-state index in [0.717, 1.165) is 11.8 Å². The maximum atomic E-state index is 12.8. The van der Waals surface area contributed by atoms with Crippen LogP contribution in [0.15, 0.2) is 30.9 Å². The molecule has 1 saturated carbocycles. The molecule has 150 valence electrons. The Labute approximate surface area is 160 Å². The zero-order valence-corrected chi connectivity index (χ0v) is 14.7. The summed E-state index contributed by atoms with van der Waals surface area (Å²) in [5.41, 5.74) is 2.34. The Balaban J connectivity index is 1.48. The van der Waals surface area contributed by atoms with Gasteiger partial charge in [-0.2, -0.15) is 14.9 Å². The first-order chi connectivity index (χ1) is 13.8. The molecule has 5 rings (SSSR count). The van der Waals surface area contributed by atoms with Crippen molar-refractivity contribution in [1.82, 2.24) is 35.0 Å². The van der Waals surface area contributed by atoms with E-state index in [1.54, 1.807) is 23.0 Å². The van der Waals surface area contributed by atoms with Crippen molar-refractivity contribution in [2.45, 2.75) is 30.5 Å². The molecule has 1 aliphatic heterocycles. The van der Waals surface area contributed by atoms with Crippen molar-refractivity contribution >= 4 is 17.6 Å². The number of carbonyl (C=O) groups excluding carboxylic acids is 2. The number of hydrogen-bond acceptors (Lipinski definition) is 5. The SMILES string of the molecule is O=C1NCC(c2cc([C@H]3C[C@@H]3c3cnn(C(F)(F)F)c3)c3nccn3n2)C(=O)N1. The summed E-state index contributed by atoms with van der Waals surface area (Å²) in [4.78, 5) is 27.8. The summed E-state index contributed by atoms with van der Waals surface area (Å²) in [7, 11) is 0. The van der Waals surface area contributed by atoms with Gasteiger partial charge in [0.1, 0.15) is 0 Å². The third-order valence-electron chi connectivity index (χ3n) is 5.26. The zero-order chi connectivity index (χ0) is 20.3. The quantitative estimate of drug-likeness (QED) is 0.689. The molecule has 0 radical (unpaired) electrons. The Morgan fingerprint density at radius 2 is 2.03 bits per heavy atom. The van der Waals surface area contributed by atoms with Gasteiger partial charge in [0.05, 0.1) is 17.8 Å². The minimum absolute atomic E-state index is 0.00412. The molecule has 3 aromatic rings. The molecule has 1 aliphatic carbocycles. The van der Waals surface area contributed by atoms with E-state index in [2.05, 4.69) is 25.8 Å². The highest BCUT2D eigenvalue weighted by atomic mass is 19.4. The van der Waals surface area contributed by atoms with Gasteiger partial charge in [0.25, 0.3) is 0 Å². The average Bonchev–Trinajstić information content (AvgIpc) is 3.06. The van der Waals surface area contributed by atoms with E-state index in [0.29, 0.717) is 23.3 Å². The number of imide groups is 1. The van der Waals surface area contributed by atoms with E-state index in [1.165, 1.54) is 6.20 Å². The van der Waals surface area contributed by atoms with Crippen LogP contribution in [0, 0.1) is 0 Å². The second-order valence-electron chi connectivity index (χ2n) is 7.11. The van der Waals surface area contributed by atoms with Crippen LogP contribution in [-0.2, 0) is 11.1 Å². The topological polar surface area (TPSA) is 106 Å². The van der Waals surface area contributed by atoms with Crippen LogP contribution in [0.1, 0.15) is 41.0 Å². The van der Waals surface area contributed by atoms with Gasteiger partial charge in [0.15, 0.2) is 5.65 Å². The Hall–Kier alpha value is -3.44. The molecule has 2 N–H and O–H groups in total. The molecule has 12 heteroatoms. The number of nitrogens with one attached hydrogen (secondary N) is 2. The summed E-state index contributed by atoms with van der Waals surface area (Å²) in [5, 5.41) is 12.6. The van der Waals surface area contributed by atoms with Crippen molar-refractivity contribution < 1.29 is 22.8 Å². The van der Waals surface area contributed by atoms with E-state index in [1.807, 2.05) is 0 Å². The lowest BCUT2D eigenvalue weighted by Gasteiger charge is -2.22. The van der Waals surface area contributed by atoms with Gasteiger partial charge < -0.3 is 5.32 Å². The second-order valence-corrected chi connectivity index (χ2v) is 7.11. The summed E-state index contributed by atoms with van der Waals surface area (Å²) < 4.78 is 40.0. The van der Waals surface area contributed by atoms with Crippen LogP contribution in [0.25, 0.3) is 5.65 Å². The van der Waals surface area contributed by atoms with E-state index < -0.39 is 24.2 Å². The molecule has 29 heavy (non-hydrogen) atoms. The Morgan fingerprint density at radius 1 is 1.21 bits per heavy atom. The van der Waals surface area contributed by atoms with Crippen LogP contribution >= 0.6 is 0 Å². The van der Waals surface area contributed by atoms with Gasteiger partial charge >= 0.3 is 12.3 Å². The fourth-order valence-electron chi connectivity index (χ4n) is 3.75. The minimum atomic E-state index is -4.55. The van der Waals surface area contributed by atoms with Crippen molar-refractivity contribution in [1.29, 1.82) is 0 Å². The molecular weight excluding hydrogens is 391 g/mol. The molecule has 0 aromatic carbocycles. The van der Waals surface area contributed by atoms with Crippen molar-refractivity contribution in [3.63, 3.8) is 0 Å². The number of carbonyl (C=O) groups is 2. The second kappa shape index (κ2) is 6.03. The van der Waals surface area contributed by atoms with Gasteiger partial charge in [-0.1, -0.05) is 0 Å². The van der Waals surface area contributed by atoms with Gasteiger partial charge in [-0.05, 0) is 29.9 Å². The first-order valence-electron chi connectivity index (χ1n) is 8.86. The van der Waals surface area contributed by atoms with Gasteiger partial charge in [-0.3, -0.25) is 10.1 Å². The number of imidazole rings is 1. The summed E-state index contributed by atoms with van der Waals surface area (Å²) >= 11 is 0. The third kappa shape index (κ3) is 3.00. The monoisotopic (exact) mass is 405 g/mol. The predicted octanol–water partition coefficient (Wildman–Crippen LogP) is 1.60. The summed E-state index contributed by atoms with van der Waals surface area (Å²) in [6.07, 6.45) is 1.52. The maximum Gasteiger partial charge on any atom is 0.504 e. The molecule has 9 nitrogen and oxygen atoms in total. The van der Waals surface area contributed by atoms with Crippen molar-refractivity contribution in [3.05, 3.63) is 47.7 Å². The van der Waals surface area contributed by atoms with E-state index in [-0.39, 0.29) is 23.1 Å². The summed E-state index contributed by atoms with van der Waals surface area (Å²) in [5.74, 6) is -1.30. The Morgan fingerprint density at radius 3 is 2.76 bits per heavy atom. The normalized spacial score (nSPS) is 24.4. The number of fused-ring (bicyclic) bond motifs is 1. The lowest BCUT2D eigenvalue weighted by molar-refractivity contribution is -0.212. The van der Waals surface area contributed by atoms with E-state index in [4.69, 9.17) is 0 Å². The van der Waals surface area contributed by atoms with E-state index in [9.17, 15) is 22.8 Å². The zero-order valence-electron chi connectivity index (χ0n) is 14.7. The Kier molecular flexibility index (Phi) is 3.67. The summed E-state index contributed by atoms with van der Waals surface area (Å²) in [6.45, 7) is 0.115. The molecule has 2 fully saturated rings. The van der Waals surface area contributed by atoms with Gasteiger partial charge in [0, 0.05) is 30.7 Å². The van der Waals surface area contributed by atoms with Crippen LogP contribution in [0.2, 0.25) is 0 Å². The summed E-state index contributed by atoms with van der Waals surface area (Å²) in [6, 6.07) is 1.20. The van der Waals surface area contributed by atoms with Crippen LogP contribution in [0.5, 0.6) is 0 Å². The van der Waals surface area contributed by atoms with Gasteiger partial charge in [0.2, 0.25) is 5.91 Å². The van der Waals surface area contributed by atoms with Crippen molar-refractivity contribution in [2.75, 3.05) is 6.54 Å². The van der Waals surface area contributed by atoms with Crippen LogP contribution in [-0.4, -0.2) is 42.9 Å². The molecule has 3 atom stereocenters. The molecule has 4 heterocycles. The average molecular weight is 405 g/mol. The number of rotatable bonds is 3. The van der Waals surface area contributed by atoms with E-state index >= 15 is 0 Å². The first kappa shape index (κ1) is 17.6. The minimum Gasteiger partial charge on any atom is -0.337 e. The number of aromatic nitrogens is 5. The molecular formula is C17H14F3N7O2. The highest BCUT2D eigenvalue weighted by Crippen LogP contribution is 2.55. The number of halogens is 3. The van der Waals surface area contributed by atoms with Crippen LogP contribution in [0.3, 0.4) is 0 Å². The smallest absolute Gasteiger partial charge is 0.337 e. The van der Waals surface area contributed by atoms with Gasteiger partial charge in [-0.15, -0.1) is 13.2 Å².